The second-order valence-electron chi connectivity index (χ2n) is 30.7. The topological polar surface area (TPSA) is 314 Å². The molecule has 0 saturated heterocycles. The summed E-state index contributed by atoms with van der Waals surface area (Å²) in [4.78, 5) is 87.8. The molecule has 17 aromatic rings. The number of hydrogen-bond donors (Lipinski definition) is 6. The van der Waals surface area contributed by atoms with E-state index in [0.29, 0.717) is 5.89 Å². The molecular weight excluding hydrogens is 2830 g/mol. The number of allylic oxidation sites excluding steroid dienone is 12. The largest absolute Gasteiger partial charge is 0.512 e. The normalized spacial score (nSPS) is 10.6. The zero-order valence-electron chi connectivity index (χ0n) is 79.1. The Morgan fingerprint density at radius 2 is 0.734 bits per heavy atom. The number of oxazole rings is 1. The quantitative estimate of drug-likeness (QED) is 0.0303. The number of hydrogen-bond acceptors (Lipinski definition) is 20. The van der Waals surface area contributed by atoms with Gasteiger partial charge < -0.3 is 55.0 Å². The second kappa shape index (κ2) is 68.8. The van der Waals surface area contributed by atoms with Gasteiger partial charge in [0, 0.05) is 182 Å². The first kappa shape index (κ1) is 127. The van der Waals surface area contributed by atoms with E-state index in [9.17, 15) is 28.8 Å². The molecule has 0 saturated carbocycles. The van der Waals surface area contributed by atoms with Crippen LogP contribution in [0.1, 0.15) is 109 Å². The van der Waals surface area contributed by atoms with E-state index >= 15 is 0 Å². The van der Waals surface area contributed by atoms with Crippen LogP contribution in [0.15, 0.2) is 373 Å². The first-order valence-corrected chi connectivity index (χ1v) is 42.8. The number of carbonyl (C=O) groups excluding carboxylic acids is 6. The summed E-state index contributed by atoms with van der Waals surface area (Å²) < 4.78 is 5.61. The Labute approximate surface area is 898 Å². The maximum absolute atomic E-state index is 10.0. The Balaban J connectivity index is 0.00000152. The van der Waals surface area contributed by atoms with Crippen molar-refractivity contribution in [1.82, 2.24) is 29.9 Å². The maximum atomic E-state index is 10.0. The van der Waals surface area contributed by atoms with Gasteiger partial charge in [0.25, 0.3) is 0 Å². The third-order valence-electron chi connectivity index (χ3n) is 17.1. The maximum Gasteiger partial charge on any atom is 0.155 e. The van der Waals surface area contributed by atoms with E-state index in [1.54, 1.807) is 17.5 Å². The van der Waals surface area contributed by atoms with Crippen molar-refractivity contribution in [2.45, 2.75) is 110 Å². The monoisotopic (exact) mass is 2950 g/mol. The Morgan fingerprint density at radius 1 is 0.324 bits per heavy atom. The number of para-hydroxylation sites is 3. The fourth-order valence-corrected chi connectivity index (χ4v) is 12.8. The summed E-state index contributed by atoms with van der Waals surface area (Å²) in [5.41, 5.74) is 12.4. The zero-order valence-corrected chi connectivity index (χ0v) is 94.3. The van der Waals surface area contributed by atoms with Gasteiger partial charge in [0.05, 0.1) is 45.6 Å². The van der Waals surface area contributed by atoms with Gasteiger partial charge >= 0.3 is 0 Å². The Bertz CT molecular complexity index is 6500. The molecule has 734 valence electrons. The Kier molecular flexibility index (Phi) is 62.8. The number of carbonyl (C=O) groups is 6. The fraction of sp³-hybridized carbons (Fsp3) is 0.150. The van der Waals surface area contributed by atoms with Gasteiger partial charge in [-0.25, -0.2) is 11.3 Å². The van der Waals surface area contributed by atoms with Crippen LogP contribution in [0.25, 0.3) is 121 Å². The molecular formula is C113H108Ir6N6O13S-6. The number of benzene rings is 10. The standard InChI is InChI=1S/C18H18N.2C15H10N.C13H8NO.C13H8N.C9H6NS.6C5H8O2.6Ir/c1-18(2,3)12-14-10-11-19-17-15-7-5-4-6-13(15)8-9-16(14)17;1-2-7-13(8-3-1)15-14-9-5-4-6-12(14)10-11-16-15;1-2-6-12(7-3-1)15-11-10-13-8-4-5-9-14(13)16-15;1-2-6-10(7-3-1)13-14-11-8-4-5-9-12(11)15-13;1-2-6-12-10(4-1)7-8-11-5-3-9-14-13(11)12;1-2-6-10-8(4-1)9-5-3-7-11-9;6*1-4(6)3-5(2)7;;;;;;/h4-6,8-11H,12H2,1-3H3;1-7,9-11H;1-6,8-11H;1-6,8-9H;1-5,7-9H;1-4,6-7H;6*3,6H,1-2H3;;;;;;/q6*-1;;;;;;;;;;;;. The van der Waals surface area contributed by atoms with Gasteiger partial charge in [0.1, 0.15) is 11.5 Å². The van der Waals surface area contributed by atoms with E-state index in [0.717, 1.165) is 83.5 Å². The number of thiophene rings is 1. The first-order valence-electron chi connectivity index (χ1n) is 42.0. The first-order chi connectivity index (χ1) is 63.5. The van der Waals surface area contributed by atoms with Crippen LogP contribution in [0, 0.1) is 41.8 Å². The Morgan fingerprint density at radius 3 is 1.20 bits per heavy atom. The summed E-state index contributed by atoms with van der Waals surface area (Å²) in [5.74, 6) is 0.247. The summed E-state index contributed by atoms with van der Waals surface area (Å²) in [6.07, 6.45) is 15.4. The molecule has 139 heavy (non-hydrogen) atoms. The van der Waals surface area contributed by atoms with Crippen LogP contribution in [0.4, 0.5) is 0 Å². The van der Waals surface area contributed by atoms with Crippen LogP contribution in [-0.4, -0.2) is 95.2 Å². The molecule has 0 aliphatic heterocycles. The molecule has 0 unspecified atom stereocenters. The van der Waals surface area contributed by atoms with Crippen LogP contribution in [0.2, 0.25) is 0 Å². The minimum atomic E-state index is -0.125. The van der Waals surface area contributed by atoms with Gasteiger partial charge in [-0.2, -0.15) is 12.1 Å². The molecule has 0 fully saturated rings. The van der Waals surface area contributed by atoms with Crippen molar-refractivity contribution in [1.29, 1.82) is 0 Å². The van der Waals surface area contributed by atoms with E-state index in [-0.39, 0.29) is 195 Å². The molecule has 6 N–H and O–H groups in total. The van der Waals surface area contributed by atoms with Crippen LogP contribution in [0.5, 0.6) is 0 Å². The minimum absolute atomic E-state index is 0. The average Bonchev–Trinajstić information content (AvgIpc) is 1.39. The van der Waals surface area contributed by atoms with Gasteiger partial charge in [-0.15, -0.1) is 178 Å². The van der Waals surface area contributed by atoms with Crippen LogP contribution >= 0.6 is 11.3 Å². The minimum Gasteiger partial charge on any atom is -0.512 e. The third kappa shape index (κ3) is 49.8. The smallest absolute Gasteiger partial charge is 0.155 e. The SMILES string of the molecule is CC(=O)C=C(C)O.CC(=O)C=C(C)O.CC(=O)C=C(C)O.CC(=O)C=C(C)O.CC(=O)C=C(C)O.CC(=O)C=C(C)O.CC(C)(C)Cc1ccnc2c1ccc1ccc[c-]c12.[Ir].[Ir].[Ir].[Ir].[Ir].[Ir].[c-]1cccc2ccc3cccnc3c12.[c-]1ccccc1-c1ccc2ccccc2n1.[c-]1ccccc1-c1nc2ccccc2o1.[c-]1ccccc1-c1nccc2ccccc12.[c-]1ccsc1-c1ccccn1. The van der Waals surface area contributed by atoms with E-state index in [1.807, 2.05) is 218 Å². The van der Waals surface area contributed by atoms with Crippen molar-refractivity contribution < 1.29 is 184 Å². The number of aliphatic hydroxyl groups excluding tert-OH is 6. The van der Waals surface area contributed by atoms with Crippen molar-refractivity contribution in [2.24, 2.45) is 5.41 Å². The van der Waals surface area contributed by atoms with E-state index in [2.05, 4.69) is 160 Å². The van der Waals surface area contributed by atoms with Crippen molar-refractivity contribution in [3.63, 3.8) is 0 Å². The number of rotatable bonds is 11. The predicted molar refractivity (Wildman–Crippen MR) is 538 cm³/mol. The Hall–Kier alpha value is -12.2. The van der Waals surface area contributed by atoms with E-state index < -0.39 is 0 Å². The van der Waals surface area contributed by atoms with Gasteiger partial charge in [-0.05, 0) is 198 Å². The zero-order chi connectivity index (χ0) is 97.2. The van der Waals surface area contributed by atoms with Crippen molar-refractivity contribution >= 4 is 122 Å². The number of nitrogens with zero attached hydrogens (tertiary/aromatic N) is 6. The molecule has 10 aromatic carbocycles. The number of fused-ring (bicyclic) bond motifs is 9. The van der Waals surface area contributed by atoms with Gasteiger partial charge in [-0.1, -0.05) is 140 Å². The average molecular weight is 2940 g/mol. The van der Waals surface area contributed by atoms with Crippen molar-refractivity contribution in [3.8, 4) is 44.5 Å². The number of ketones is 6. The van der Waals surface area contributed by atoms with Crippen LogP contribution < -0.4 is 0 Å². The molecule has 0 spiro atoms. The van der Waals surface area contributed by atoms with Gasteiger partial charge in [0.15, 0.2) is 34.7 Å². The molecule has 19 nitrogen and oxygen atoms in total. The number of pyridine rings is 5. The molecule has 0 atom stereocenters. The van der Waals surface area contributed by atoms with E-state index in [4.69, 9.17) is 35.1 Å². The third-order valence-corrected chi connectivity index (χ3v) is 17.9. The summed E-state index contributed by atoms with van der Waals surface area (Å²) in [7, 11) is 0. The molecule has 26 heteroatoms. The van der Waals surface area contributed by atoms with Gasteiger partial charge in [0.2, 0.25) is 0 Å². The number of aliphatic hydroxyl groups is 6. The molecule has 7 aromatic heterocycles. The molecule has 0 aliphatic carbocycles. The molecule has 0 aliphatic rings. The number of aromatic nitrogens is 6. The fourth-order valence-electron chi connectivity index (χ4n) is 12.1. The molecule has 7 heterocycles. The molecule has 0 bridgehead atoms. The van der Waals surface area contributed by atoms with E-state index in [1.165, 1.54) is 163 Å². The summed E-state index contributed by atoms with van der Waals surface area (Å²) in [6, 6.07) is 108. The molecule has 6 radical (unpaired) electrons. The summed E-state index contributed by atoms with van der Waals surface area (Å²) >= 11 is 1.66. The predicted octanol–water partition coefficient (Wildman–Crippen LogP) is 27.5. The van der Waals surface area contributed by atoms with Crippen LogP contribution in [-0.2, 0) is 156 Å². The van der Waals surface area contributed by atoms with Crippen molar-refractivity contribution in [2.75, 3.05) is 0 Å². The summed E-state index contributed by atoms with van der Waals surface area (Å²) in [5, 5.41) is 62.8. The molecule has 0 amide bonds. The summed E-state index contributed by atoms with van der Waals surface area (Å²) in [6.45, 7) is 23.9. The van der Waals surface area contributed by atoms with Crippen molar-refractivity contribution in [3.05, 3.63) is 410 Å². The van der Waals surface area contributed by atoms with Gasteiger partial charge in [-0.3, -0.25) is 38.7 Å². The molecule has 17 rings (SSSR count). The second-order valence-corrected chi connectivity index (χ2v) is 31.6. The van der Waals surface area contributed by atoms with Crippen LogP contribution in [0.3, 0.4) is 0 Å².